The van der Waals surface area contributed by atoms with Crippen LogP contribution in [0.1, 0.15) is 22.1 Å². The minimum absolute atomic E-state index is 0.0161. The molecule has 0 saturated carbocycles. The summed E-state index contributed by atoms with van der Waals surface area (Å²) in [5.41, 5.74) is 1.06. The van der Waals surface area contributed by atoms with E-state index in [-0.39, 0.29) is 5.69 Å². The van der Waals surface area contributed by atoms with Crippen molar-refractivity contribution in [3.05, 3.63) is 64.8 Å². The number of para-hydroxylation sites is 1. The van der Waals surface area contributed by atoms with Crippen LogP contribution in [-0.2, 0) is 11.8 Å². The summed E-state index contributed by atoms with van der Waals surface area (Å²) in [5.74, 6) is -1.43. The first-order valence-electron chi connectivity index (χ1n) is 10.7. The molecule has 1 aliphatic rings. The lowest BCUT2D eigenvalue weighted by atomic mass is 10.00. The summed E-state index contributed by atoms with van der Waals surface area (Å²) in [6, 6.07) is 13.4. The van der Waals surface area contributed by atoms with Gasteiger partial charge >= 0.3 is 11.9 Å². The number of carbonyl (C=O) groups is 2. The fraction of sp³-hybridized carbons (Fsp3) is 0.333. The number of nitrogens with zero attached hydrogens (tertiary/aromatic N) is 3. The SMILES string of the molecule is Cn1c(C(=O)O)c(C(C(=O)O)N2CCN(CCOc3ccc(Cl)cc3)CC2)c2ccccc21. The van der Waals surface area contributed by atoms with Gasteiger partial charge in [0.05, 0.1) is 0 Å². The van der Waals surface area contributed by atoms with Gasteiger partial charge in [0.25, 0.3) is 0 Å². The fourth-order valence-electron chi connectivity index (χ4n) is 4.49. The Kier molecular flexibility index (Phi) is 6.88. The number of fused-ring (bicyclic) bond motifs is 1. The molecule has 2 aromatic carbocycles. The highest BCUT2D eigenvalue weighted by atomic mass is 35.5. The van der Waals surface area contributed by atoms with Gasteiger partial charge in [-0.05, 0) is 30.3 Å². The maximum atomic E-state index is 12.4. The molecule has 1 aromatic heterocycles. The summed E-state index contributed by atoms with van der Waals surface area (Å²) >= 11 is 5.89. The number of ether oxygens (including phenoxy) is 1. The van der Waals surface area contributed by atoms with E-state index in [4.69, 9.17) is 16.3 Å². The van der Waals surface area contributed by atoms with Crippen LogP contribution in [0, 0.1) is 0 Å². The quantitative estimate of drug-likeness (QED) is 0.520. The van der Waals surface area contributed by atoms with Crippen molar-refractivity contribution in [2.75, 3.05) is 39.3 Å². The molecule has 0 aliphatic carbocycles. The molecule has 2 N–H and O–H groups in total. The Morgan fingerprint density at radius 2 is 1.70 bits per heavy atom. The molecule has 8 nitrogen and oxygen atoms in total. The Balaban J connectivity index is 1.46. The molecule has 1 unspecified atom stereocenters. The first kappa shape index (κ1) is 23.1. The number of hydrogen-bond donors (Lipinski definition) is 2. The van der Waals surface area contributed by atoms with E-state index in [1.54, 1.807) is 35.9 Å². The van der Waals surface area contributed by atoms with Crippen molar-refractivity contribution < 1.29 is 24.5 Å². The number of aromatic nitrogens is 1. The van der Waals surface area contributed by atoms with Crippen molar-refractivity contribution in [3.8, 4) is 5.75 Å². The lowest BCUT2D eigenvalue weighted by molar-refractivity contribution is -0.144. The highest BCUT2D eigenvalue weighted by Gasteiger charge is 2.36. The van der Waals surface area contributed by atoms with Crippen LogP contribution in [0.5, 0.6) is 5.75 Å². The molecule has 1 aliphatic heterocycles. The number of benzene rings is 2. The van der Waals surface area contributed by atoms with Gasteiger partial charge in [-0.25, -0.2) is 4.79 Å². The van der Waals surface area contributed by atoms with Gasteiger partial charge in [-0.1, -0.05) is 29.8 Å². The molecule has 4 rings (SSSR count). The normalized spacial score (nSPS) is 16.1. The molecule has 0 radical (unpaired) electrons. The second-order valence-corrected chi connectivity index (χ2v) is 8.50. The third kappa shape index (κ3) is 4.83. The minimum atomic E-state index is -1.13. The summed E-state index contributed by atoms with van der Waals surface area (Å²) in [5, 5.41) is 21.3. The van der Waals surface area contributed by atoms with Crippen LogP contribution in [0.15, 0.2) is 48.5 Å². The van der Waals surface area contributed by atoms with E-state index >= 15 is 0 Å². The first-order valence-corrected chi connectivity index (χ1v) is 11.1. The zero-order valence-corrected chi connectivity index (χ0v) is 19.0. The largest absolute Gasteiger partial charge is 0.492 e. The summed E-state index contributed by atoms with van der Waals surface area (Å²) < 4.78 is 7.33. The van der Waals surface area contributed by atoms with E-state index in [1.807, 2.05) is 29.2 Å². The first-order chi connectivity index (χ1) is 15.9. The average molecular weight is 472 g/mol. The zero-order chi connectivity index (χ0) is 23.5. The van der Waals surface area contributed by atoms with Gasteiger partial charge in [-0.3, -0.25) is 14.6 Å². The van der Waals surface area contributed by atoms with Crippen LogP contribution < -0.4 is 4.74 Å². The van der Waals surface area contributed by atoms with Gasteiger partial charge in [0, 0.05) is 61.3 Å². The average Bonchev–Trinajstić information content (AvgIpc) is 3.09. The van der Waals surface area contributed by atoms with Crippen LogP contribution in [0.3, 0.4) is 0 Å². The third-order valence-corrected chi connectivity index (χ3v) is 6.37. The molecule has 174 valence electrons. The molecule has 33 heavy (non-hydrogen) atoms. The summed E-state index contributed by atoms with van der Waals surface area (Å²) in [7, 11) is 1.66. The maximum absolute atomic E-state index is 12.4. The number of halogens is 1. The van der Waals surface area contributed by atoms with Gasteiger partial charge in [0.15, 0.2) is 0 Å². The molecule has 0 spiro atoms. The molecular weight excluding hydrogens is 446 g/mol. The lowest BCUT2D eigenvalue weighted by Gasteiger charge is -2.37. The molecule has 1 saturated heterocycles. The zero-order valence-electron chi connectivity index (χ0n) is 18.3. The number of aryl methyl sites for hydroxylation is 1. The maximum Gasteiger partial charge on any atom is 0.352 e. The van der Waals surface area contributed by atoms with Gasteiger partial charge in [-0.15, -0.1) is 0 Å². The van der Waals surface area contributed by atoms with E-state index in [2.05, 4.69) is 4.90 Å². The van der Waals surface area contributed by atoms with Crippen LogP contribution in [0.4, 0.5) is 0 Å². The van der Waals surface area contributed by atoms with Crippen LogP contribution in [-0.4, -0.2) is 75.8 Å². The number of carboxylic acids is 2. The number of rotatable bonds is 8. The summed E-state index contributed by atoms with van der Waals surface area (Å²) in [4.78, 5) is 28.5. The standard InChI is InChI=1S/C24H26ClN3O5/c1-26-19-5-3-2-4-18(19)20(21(26)23(29)30)22(24(31)32)28-12-10-27(11-13-28)14-15-33-17-8-6-16(25)7-9-17/h2-9,22H,10-15H2,1H3,(H,29,30)(H,31,32). The predicted octanol–water partition coefficient (Wildman–Crippen LogP) is 3.35. The molecule has 1 atom stereocenters. The van der Waals surface area contributed by atoms with Gasteiger partial charge in [0.1, 0.15) is 24.1 Å². The summed E-state index contributed by atoms with van der Waals surface area (Å²) in [6.45, 7) is 3.58. The van der Waals surface area contributed by atoms with E-state index in [0.717, 1.165) is 5.75 Å². The molecule has 0 bridgehead atoms. The van der Waals surface area contributed by atoms with E-state index in [0.29, 0.717) is 60.8 Å². The Morgan fingerprint density at radius 1 is 1.03 bits per heavy atom. The second kappa shape index (κ2) is 9.82. The predicted molar refractivity (Wildman–Crippen MR) is 125 cm³/mol. The van der Waals surface area contributed by atoms with E-state index < -0.39 is 18.0 Å². The number of aromatic carboxylic acids is 1. The van der Waals surface area contributed by atoms with Crippen LogP contribution in [0.2, 0.25) is 5.02 Å². The lowest BCUT2D eigenvalue weighted by Crippen LogP contribution is -2.50. The topological polar surface area (TPSA) is 95.2 Å². The van der Waals surface area contributed by atoms with Crippen molar-refractivity contribution in [1.82, 2.24) is 14.4 Å². The third-order valence-electron chi connectivity index (χ3n) is 6.12. The number of piperazine rings is 1. The Labute approximate surface area is 196 Å². The molecular formula is C24H26ClN3O5. The van der Waals surface area contributed by atoms with Crippen LogP contribution in [0.25, 0.3) is 10.9 Å². The highest BCUT2D eigenvalue weighted by molar-refractivity contribution is 6.30. The number of carboxylic acid groups (broad SMARTS) is 2. The van der Waals surface area contributed by atoms with Gasteiger partial charge in [0.2, 0.25) is 0 Å². The monoisotopic (exact) mass is 471 g/mol. The minimum Gasteiger partial charge on any atom is -0.492 e. The van der Waals surface area contributed by atoms with Crippen molar-refractivity contribution in [1.29, 1.82) is 0 Å². The Hall–Kier alpha value is -3.07. The molecule has 0 amide bonds. The Bertz CT molecular complexity index is 1150. The Morgan fingerprint density at radius 3 is 2.33 bits per heavy atom. The second-order valence-electron chi connectivity index (χ2n) is 8.06. The molecule has 9 heteroatoms. The van der Waals surface area contributed by atoms with Crippen LogP contribution >= 0.6 is 11.6 Å². The summed E-state index contributed by atoms with van der Waals surface area (Å²) in [6.07, 6.45) is 0. The van der Waals surface area contributed by atoms with Crippen molar-refractivity contribution >= 4 is 34.4 Å². The molecule has 1 fully saturated rings. The highest BCUT2D eigenvalue weighted by Crippen LogP contribution is 2.34. The van der Waals surface area contributed by atoms with Gasteiger partial charge < -0.3 is 19.5 Å². The van der Waals surface area contributed by atoms with Crippen molar-refractivity contribution in [2.24, 2.45) is 7.05 Å². The van der Waals surface area contributed by atoms with E-state index in [1.165, 1.54) is 0 Å². The molecule has 3 aromatic rings. The number of hydrogen-bond acceptors (Lipinski definition) is 5. The number of aliphatic carboxylic acids is 1. The van der Waals surface area contributed by atoms with Crippen molar-refractivity contribution in [3.63, 3.8) is 0 Å². The van der Waals surface area contributed by atoms with E-state index in [9.17, 15) is 19.8 Å². The van der Waals surface area contributed by atoms with Crippen molar-refractivity contribution in [2.45, 2.75) is 6.04 Å². The fourth-order valence-corrected chi connectivity index (χ4v) is 4.61. The van der Waals surface area contributed by atoms with Gasteiger partial charge in [-0.2, -0.15) is 0 Å². The smallest absolute Gasteiger partial charge is 0.352 e. The molecule has 2 heterocycles.